The molecule has 1 saturated heterocycles. The van der Waals surface area contributed by atoms with E-state index in [0.29, 0.717) is 18.1 Å². The van der Waals surface area contributed by atoms with Crippen molar-refractivity contribution in [3.8, 4) is 5.75 Å². The van der Waals surface area contributed by atoms with Gasteiger partial charge in [-0.05, 0) is 73.1 Å². The molecular weight excluding hydrogens is 468 g/mol. The van der Waals surface area contributed by atoms with Gasteiger partial charge in [0, 0.05) is 25.6 Å². The van der Waals surface area contributed by atoms with Crippen molar-refractivity contribution >= 4 is 11.8 Å². The summed E-state index contributed by atoms with van der Waals surface area (Å²) < 4.78 is 17.4. The maximum absolute atomic E-state index is 13.2. The second-order valence-corrected chi connectivity index (χ2v) is 10.1. The van der Waals surface area contributed by atoms with Crippen LogP contribution in [0.25, 0.3) is 0 Å². The third-order valence-electron chi connectivity index (χ3n) is 7.45. The maximum Gasteiger partial charge on any atom is 0.287 e. The molecule has 0 radical (unpaired) electrons. The number of rotatable bonds is 8. The SMILES string of the molecule is O=C(NCC1CCCO1)c1ccc(COc2ccc3c(c2)C(c2ccccc2)N(C(=O)C2CC2)CC3)o1. The van der Waals surface area contributed by atoms with Gasteiger partial charge in [-0.2, -0.15) is 0 Å². The van der Waals surface area contributed by atoms with E-state index in [9.17, 15) is 9.59 Å². The van der Waals surface area contributed by atoms with Gasteiger partial charge in [-0.3, -0.25) is 9.59 Å². The highest BCUT2D eigenvalue weighted by molar-refractivity contribution is 5.91. The lowest BCUT2D eigenvalue weighted by Crippen LogP contribution is -2.41. The van der Waals surface area contributed by atoms with Gasteiger partial charge in [0.1, 0.15) is 18.1 Å². The molecule has 1 aromatic heterocycles. The summed E-state index contributed by atoms with van der Waals surface area (Å²) >= 11 is 0. The number of benzene rings is 2. The van der Waals surface area contributed by atoms with E-state index in [2.05, 4.69) is 29.6 Å². The predicted octanol–water partition coefficient (Wildman–Crippen LogP) is 4.65. The molecule has 7 nitrogen and oxygen atoms in total. The summed E-state index contributed by atoms with van der Waals surface area (Å²) in [5.41, 5.74) is 3.46. The summed E-state index contributed by atoms with van der Waals surface area (Å²) in [6, 6.07) is 19.7. The van der Waals surface area contributed by atoms with Gasteiger partial charge < -0.3 is 24.1 Å². The number of nitrogens with one attached hydrogen (secondary N) is 1. The Kier molecular flexibility index (Phi) is 6.70. The smallest absolute Gasteiger partial charge is 0.287 e. The highest BCUT2D eigenvalue weighted by atomic mass is 16.5. The first-order chi connectivity index (χ1) is 18.2. The Hall–Kier alpha value is -3.58. The average Bonchev–Trinajstić information content (AvgIpc) is 3.44. The second-order valence-electron chi connectivity index (χ2n) is 10.1. The first-order valence-electron chi connectivity index (χ1n) is 13.3. The normalized spacial score (nSPS) is 20.9. The first-order valence-corrected chi connectivity index (χ1v) is 13.3. The molecule has 2 aliphatic heterocycles. The fourth-order valence-electron chi connectivity index (χ4n) is 5.31. The zero-order valence-electron chi connectivity index (χ0n) is 20.9. The van der Waals surface area contributed by atoms with Crippen LogP contribution in [0.3, 0.4) is 0 Å². The van der Waals surface area contributed by atoms with E-state index in [1.165, 1.54) is 5.56 Å². The Morgan fingerprint density at radius 2 is 1.89 bits per heavy atom. The molecular formula is C30H32N2O5. The van der Waals surface area contributed by atoms with Gasteiger partial charge in [0.25, 0.3) is 5.91 Å². The number of nitrogens with zero attached hydrogens (tertiary/aromatic N) is 1. The number of carbonyl (C=O) groups is 2. The zero-order valence-corrected chi connectivity index (χ0v) is 20.9. The molecule has 2 atom stereocenters. The fraction of sp³-hybridized carbons (Fsp3) is 0.400. The highest BCUT2D eigenvalue weighted by Gasteiger charge is 2.39. The molecule has 37 heavy (non-hydrogen) atoms. The van der Waals surface area contributed by atoms with Crippen LogP contribution in [0.4, 0.5) is 0 Å². The summed E-state index contributed by atoms with van der Waals surface area (Å²) in [5.74, 6) is 1.73. The molecule has 2 fully saturated rings. The monoisotopic (exact) mass is 500 g/mol. The largest absolute Gasteiger partial charge is 0.486 e. The third-order valence-corrected chi connectivity index (χ3v) is 7.45. The molecule has 2 unspecified atom stereocenters. The van der Waals surface area contributed by atoms with E-state index in [1.54, 1.807) is 12.1 Å². The predicted molar refractivity (Wildman–Crippen MR) is 137 cm³/mol. The van der Waals surface area contributed by atoms with E-state index in [-0.39, 0.29) is 42.2 Å². The maximum atomic E-state index is 13.2. The number of hydrogen-bond acceptors (Lipinski definition) is 5. The fourth-order valence-corrected chi connectivity index (χ4v) is 5.31. The van der Waals surface area contributed by atoms with Crippen LogP contribution in [0.1, 0.15) is 64.7 Å². The van der Waals surface area contributed by atoms with E-state index in [0.717, 1.165) is 56.4 Å². The van der Waals surface area contributed by atoms with Crippen molar-refractivity contribution in [2.45, 2.75) is 50.9 Å². The van der Waals surface area contributed by atoms with Gasteiger partial charge in [-0.1, -0.05) is 36.4 Å². The first kappa shape index (κ1) is 23.8. The Morgan fingerprint density at radius 3 is 2.68 bits per heavy atom. The number of furan rings is 1. The minimum Gasteiger partial charge on any atom is -0.486 e. The standard InChI is InChI=1S/C30H32N2O5/c33-29(31-18-24-7-4-16-35-24)27-13-12-25(37-27)19-36-23-11-10-20-14-15-32(30(34)22-8-9-22)28(26(20)17-23)21-5-2-1-3-6-21/h1-3,5-6,10-13,17,22,24,28H,4,7-9,14-16,18-19H2,(H,31,33). The summed E-state index contributed by atoms with van der Waals surface area (Å²) in [4.78, 5) is 27.6. The van der Waals surface area contributed by atoms with E-state index in [4.69, 9.17) is 13.9 Å². The van der Waals surface area contributed by atoms with E-state index in [1.807, 2.05) is 29.2 Å². The number of amides is 2. The van der Waals surface area contributed by atoms with Crippen molar-refractivity contribution in [2.75, 3.05) is 19.7 Å². The molecule has 1 saturated carbocycles. The van der Waals surface area contributed by atoms with Crippen LogP contribution in [-0.4, -0.2) is 42.5 Å². The lowest BCUT2D eigenvalue weighted by Gasteiger charge is -2.38. The Balaban J connectivity index is 1.15. The van der Waals surface area contributed by atoms with Crippen LogP contribution >= 0.6 is 0 Å². The number of ether oxygens (including phenoxy) is 2. The zero-order chi connectivity index (χ0) is 25.2. The lowest BCUT2D eigenvalue weighted by molar-refractivity contribution is -0.134. The van der Waals surface area contributed by atoms with E-state index >= 15 is 0 Å². The van der Waals surface area contributed by atoms with Crippen LogP contribution in [0.15, 0.2) is 65.1 Å². The molecule has 192 valence electrons. The number of hydrogen-bond donors (Lipinski definition) is 1. The Labute approximate surface area is 216 Å². The van der Waals surface area contributed by atoms with Crippen LogP contribution in [0.2, 0.25) is 0 Å². The summed E-state index contributed by atoms with van der Waals surface area (Å²) in [7, 11) is 0. The van der Waals surface area contributed by atoms with Crippen molar-refractivity contribution in [3.05, 3.63) is 88.9 Å². The lowest BCUT2D eigenvalue weighted by atomic mass is 9.87. The third kappa shape index (κ3) is 5.27. The number of carbonyl (C=O) groups excluding carboxylic acids is 2. The quantitative estimate of drug-likeness (QED) is 0.487. The molecule has 2 aromatic carbocycles. The van der Waals surface area contributed by atoms with Crippen LogP contribution < -0.4 is 10.1 Å². The average molecular weight is 501 g/mol. The van der Waals surface area contributed by atoms with Crippen molar-refractivity contribution in [2.24, 2.45) is 5.92 Å². The Morgan fingerprint density at radius 1 is 1.03 bits per heavy atom. The van der Waals surface area contributed by atoms with Crippen molar-refractivity contribution < 1.29 is 23.5 Å². The van der Waals surface area contributed by atoms with Gasteiger partial charge in [0.2, 0.25) is 5.91 Å². The highest BCUT2D eigenvalue weighted by Crippen LogP contribution is 2.41. The van der Waals surface area contributed by atoms with Crippen LogP contribution in [0.5, 0.6) is 5.75 Å². The molecule has 0 spiro atoms. The van der Waals surface area contributed by atoms with Crippen LogP contribution in [-0.2, 0) is 22.6 Å². The van der Waals surface area contributed by atoms with Crippen molar-refractivity contribution in [3.63, 3.8) is 0 Å². The molecule has 1 N–H and O–H groups in total. The van der Waals surface area contributed by atoms with Crippen molar-refractivity contribution in [1.82, 2.24) is 10.2 Å². The molecule has 6 rings (SSSR count). The Bertz CT molecular complexity index is 1260. The summed E-state index contributed by atoms with van der Waals surface area (Å²) in [6.45, 7) is 2.18. The van der Waals surface area contributed by atoms with Crippen LogP contribution in [0, 0.1) is 5.92 Å². The van der Waals surface area contributed by atoms with Gasteiger partial charge in [0.15, 0.2) is 5.76 Å². The minimum absolute atomic E-state index is 0.0842. The summed E-state index contributed by atoms with van der Waals surface area (Å²) in [6.07, 6.45) is 4.90. The van der Waals surface area contributed by atoms with Gasteiger partial charge in [0.05, 0.1) is 12.1 Å². The molecule has 7 heteroatoms. The van der Waals surface area contributed by atoms with Gasteiger partial charge in [-0.25, -0.2) is 0 Å². The molecule has 3 aliphatic rings. The second kappa shape index (κ2) is 10.4. The molecule has 3 aromatic rings. The number of fused-ring (bicyclic) bond motifs is 1. The molecule has 0 bridgehead atoms. The molecule has 3 heterocycles. The minimum atomic E-state index is -0.248. The molecule has 1 aliphatic carbocycles. The van der Waals surface area contributed by atoms with Gasteiger partial charge in [-0.15, -0.1) is 0 Å². The van der Waals surface area contributed by atoms with Crippen molar-refractivity contribution in [1.29, 1.82) is 0 Å². The van der Waals surface area contributed by atoms with E-state index < -0.39 is 0 Å². The van der Waals surface area contributed by atoms with Gasteiger partial charge >= 0.3 is 0 Å². The summed E-state index contributed by atoms with van der Waals surface area (Å²) in [5, 5.41) is 2.88. The molecule has 2 amide bonds. The topological polar surface area (TPSA) is 81.0 Å².